The highest BCUT2D eigenvalue weighted by molar-refractivity contribution is 5.90. The van der Waals surface area contributed by atoms with E-state index in [0.29, 0.717) is 17.8 Å². The van der Waals surface area contributed by atoms with Crippen molar-refractivity contribution in [1.82, 2.24) is 25.4 Å². The Labute approximate surface area is 195 Å². The van der Waals surface area contributed by atoms with Crippen LogP contribution in [0, 0.1) is 29.1 Å². The van der Waals surface area contributed by atoms with Crippen molar-refractivity contribution < 1.29 is 9.59 Å². The normalized spacial score (nSPS) is 29.6. The fourth-order valence-corrected chi connectivity index (χ4v) is 6.86. The molecule has 4 bridgehead atoms. The average molecular weight is 450 g/mol. The summed E-state index contributed by atoms with van der Waals surface area (Å²) in [5, 5.41) is 10.5. The van der Waals surface area contributed by atoms with Gasteiger partial charge in [-0.25, -0.2) is 9.67 Å². The molecule has 4 saturated carbocycles. The van der Waals surface area contributed by atoms with Crippen molar-refractivity contribution in [3.8, 4) is 5.69 Å². The van der Waals surface area contributed by atoms with Gasteiger partial charge in [0.2, 0.25) is 11.8 Å². The first-order valence-corrected chi connectivity index (χ1v) is 12.4. The summed E-state index contributed by atoms with van der Waals surface area (Å²) < 4.78 is 1.70. The first-order chi connectivity index (χ1) is 15.8. The first-order valence-electron chi connectivity index (χ1n) is 12.4. The number of hydrogen-bond donors (Lipinski definition) is 2. The summed E-state index contributed by atoms with van der Waals surface area (Å²) in [6.45, 7) is 5.98. The first kappa shape index (κ1) is 22.1. The number of amides is 2. The highest BCUT2D eigenvalue weighted by Gasteiger charge is 2.55. The van der Waals surface area contributed by atoms with Crippen LogP contribution < -0.4 is 10.6 Å². The van der Waals surface area contributed by atoms with Crippen LogP contribution in [0.3, 0.4) is 0 Å². The summed E-state index contributed by atoms with van der Waals surface area (Å²) in [7, 11) is 0. The zero-order valence-corrected chi connectivity index (χ0v) is 19.8. The topological polar surface area (TPSA) is 88.9 Å². The quantitative estimate of drug-likeness (QED) is 0.673. The van der Waals surface area contributed by atoms with Crippen LogP contribution in [-0.2, 0) is 9.59 Å². The maximum atomic E-state index is 13.5. The summed E-state index contributed by atoms with van der Waals surface area (Å²) >= 11 is 0. The monoisotopic (exact) mass is 449 g/mol. The molecular formula is C26H35N5O2. The van der Waals surface area contributed by atoms with Crippen LogP contribution in [0.2, 0.25) is 0 Å². The Bertz CT molecular complexity index is 963. The summed E-state index contributed by atoms with van der Waals surface area (Å²) in [4.78, 5) is 30.7. The van der Waals surface area contributed by atoms with Crippen LogP contribution in [0.15, 0.2) is 36.9 Å². The maximum absolute atomic E-state index is 13.5. The van der Waals surface area contributed by atoms with Crippen LogP contribution in [0.1, 0.15) is 70.9 Å². The van der Waals surface area contributed by atoms with Crippen LogP contribution in [0.4, 0.5) is 0 Å². The highest BCUT2D eigenvalue weighted by atomic mass is 16.2. The molecule has 0 spiro atoms. The largest absolute Gasteiger partial charge is 0.348 e. The Morgan fingerprint density at radius 2 is 1.58 bits per heavy atom. The predicted octanol–water partition coefficient (Wildman–Crippen LogP) is 3.80. The van der Waals surface area contributed by atoms with E-state index in [1.807, 2.05) is 45.0 Å². The van der Waals surface area contributed by atoms with Gasteiger partial charge in [0.1, 0.15) is 18.7 Å². The lowest BCUT2D eigenvalue weighted by Crippen LogP contribution is -2.58. The molecule has 4 fully saturated rings. The number of hydrogen-bond acceptors (Lipinski definition) is 4. The fourth-order valence-electron chi connectivity index (χ4n) is 6.86. The molecular weight excluding hydrogens is 414 g/mol. The van der Waals surface area contributed by atoms with Crippen molar-refractivity contribution in [3.05, 3.63) is 42.5 Å². The van der Waals surface area contributed by atoms with Crippen molar-refractivity contribution in [2.75, 3.05) is 0 Å². The fraction of sp³-hybridized carbons (Fsp3) is 0.615. The van der Waals surface area contributed by atoms with Gasteiger partial charge < -0.3 is 10.6 Å². The molecule has 0 radical (unpaired) electrons. The second-order valence-electron chi connectivity index (χ2n) is 11.1. The SMILES string of the molecule is CC(NC(=O)C(NC(=O)C12CC3CC(CC(C3)C1)C2)C(C)C)c1ccc(-n2cncn2)cc1. The van der Waals surface area contributed by atoms with Gasteiger partial charge in [0, 0.05) is 5.41 Å². The Hall–Kier alpha value is -2.70. The van der Waals surface area contributed by atoms with E-state index in [1.54, 1.807) is 11.0 Å². The van der Waals surface area contributed by atoms with E-state index < -0.39 is 6.04 Å². The molecule has 7 heteroatoms. The molecule has 4 aliphatic rings. The van der Waals surface area contributed by atoms with Crippen LogP contribution in [0.25, 0.3) is 5.69 Å². The number of rotatable bonds is 7. The van der Waals surface area contributed by atoms with E-state index in [4.69, 9.17) is 0 Å². The van der Waals surface area contributed by atoms with E-state index in [1.165, 1.54) is 25.6 Å². The molecule has 2 atom stereocenters. The molecule has 2 aromatic rings. The zero-order chi connectivity index (χ0) is 23.2. The van der Waals surface area contributed by atoms with Gasteiger partial charge >= 0.3 is 0 Å². The molecule has 0 saturated heterocycles. The number of carbonyl (C=O) groups excluding carboxylic acids is 2. The molecule has 6 rings (SSSR count). The Balaban J connectivity index is 1.24. The number of aromatic nitrogens is 3. The molecule has 2 amide bonds. The third kappa shape index (κ3) is 4.30. The summed E-state index contributed by atoms with van der Waals surface area (Å²) in [5.41, 5.74) is 1.67. The molecule has 7 nitrogen and oxygen atoms in total. The van der Waals surface area contributed by atoms with E-state index in [2.05, 4.69) is 20.7 Å². The molecule has 2 unspecified atom stereocenters. The predicted molar refractivity (Wildman–Crippen MR) is 125 cm³/mol. The summed E-state index contributed by atoms with van der Waals surface area (Å²) in [6.07, 6.45) is 10.1. The van der Waals surface area contributed by atoms with E-state index >= 15 is 0 Å². The highest BCUT2D eigenvalue weighted by Crippen LogP contribution is 2.60. The second-order valence-corrected chi connectivity index (χ2v) is 11.1. The van der Waals surface area contributed by atoms with Gasteiger partial charge in [0.15, 0.2) is 0 Å². The van der Waals surface area contributed by atoms with Crippen molar-refractivity contribution in [2.24, 2.45) is 29.1 Å². The molecule has 33 heavy (non-hydrogen) atoms. The van der Waals surface area contributed by atoms with Gasteiger partial charge in [-0.1, -0.05) is 26.0 Å². The van der Waals surface area contributed by atoms with Gasteiger partial charge in [-0.2, -0.15) is 5.10 Å². The molecule has 1 aromatic heterocycles. The van der Waals surface area contributed by atoms with Crippen LogP contribution in [0.5, 0.6) is 0 Å². The minimum Gasteiger partial charge on any atom is -0.348 e. The Kier molecular flexibility index (Phi) is 5.75. The number of benzene rings is 1. The van der Waals surface area contributed by atoms with Crippen LogP contribution >= 0.6 is 0 Å². The molecule has 4 aliphatic carbocycles. The Morgan fingerprint density at radius 1 is 0.970 bits per heavy atom. The zero-order valence-electron chi connectivity index (χ0n) is 19.8. The van der Waals surface area contributed by atoms with Gasteiger partial charge in [-0.3, -0.25) is 9.59 Å². The summed E-state index contributed by atoms with van der Waals surface area (Å²) in [5.74, 6) is 2.12. The van der Waals surface area contributed by atoms with Crippen LogP contribution in [-0.4, -0.2) is 32.6 Å². The molecule has 0 aliphatic heterocycles. The minimum absolute atomic E-state index is 0.0183. The van der Waals surface area contributed by atoms with Crippen molar-refractivity contribution in [3.63, 3.8) is 0 Å². The molecule has 176 valence electrons. The van der Waals surface area contributed by atoms with Gasteiger partial charge in [-0.15, -0.1) is 0 Å². The third-order valence-corrected chi connectivity index (χ3v) is 8.19. The summed E-state index contributed by atoms with van der Waals surface area (Å²) in [6, 6.07) is 7.20. The lowest BCUT2D eigenvalue weighted by molar-refractivity contribution is -0.149. The van der Waals surface area contributed by atoms with Gasteiger partial charge in [0.25, 0.3) is 0 Å². The smallest absolute Gasteiger partial charge is 0.243 e. The molecule has 1 heterocycles. The number of nitrogens with zero attached hydrogens (tertiary/aromatic N) is 3. The van der Waals surface area contributed by atoms with Gasteiger partial charge in [0.05, 0.1) is 11.7 Å². The second kappa shape index (κ2) is 8.58. The maximum Gasteiger partial charge on any atom is 0.243 e. The lowest BCUT2D eigenvalue weighted by atomic mass is 9.49. The molecule has 2 N–H and O–H groups in total. The standard InChI is InChI=1S/C26H35N5O2/c1-16(2)23(30-25(33)26-11-18-8-19(12-26)10-20(9-18)13-26)24(32)29-17(3)21-4-6-22(7-5-21)31-15-27-14-28-31/h4-7,14-20,23H,8-13H2,1-3H3,(H,29,32)(H,30,33). The van der Waals surface area contributed by atoms with Crippen molar-refractivity contribution in [1.29, 1.82) is 0 Å². The van der Waals surface area contributed by atoms with Crippen molar-refractivity contribution in [2.45, 2.75) is 71.4 Å². The Morgan fingerprint density at radius 3 is 2.09 bits per heavy atom. The minimum atomic E-state index is -0.526. The van der Waals surface area contributed by atoms with Gasteiger partial charge in [-0.05, 0) is 86.8 Å². The van der Waals surface area contributed by atoms with Crippen molar-refractivity contribution >= 4 is 11.8 Å². The molecule has 1 aromatic carbocycles. The number of nitrogens with one attached hydrogen (secondary N) is 2. The number of carbonyl (C=O) groups is 2. The average Bonchev–Trinajstić information content (AvgIpc) is 3.31. The third-order valence-electron chi connectivity index (χ3n) is 8.19. The lowest BCUT2D eigenvalue weighted by Gasteiger charge is -2.55. The van der Waals surface area contributed by atoms with E-state index in [-0.39, 0.29) is 29.2 Å². The van der Waals surface area contributed by atoms with E-state index in [0.717, 1.165) is 30.5 Å². The van der Waals surface area contributed by atoms with E-state index in [9.17, 15) is 9.59 Å².